The molecule has 0 radical (unpaired) electrons. The molecule has 1 aliphatic carbocycles. The second-order valence-electron chi connectivity index (χ2n) is 10.5. The Morgan fingerprint density at radius 2 is 1.93 bits per heavy atom. The number of hydrogen-bond donors (Lipinski definition) is 1. The third-order valence-electron chi connectivity index (χ3n) is 7.56. The Balaban J connectivity index is 1.12. The van der Waals surface area contributed by atoms with Gasteiger partial charge in [-0.1, -0.05) is 23.4 Å². The molecule has 0 spiro atoms. The van der Waals surface area contributed by atoms with Crippen LogP contribution in [0.2, 0.25) is 0 Å². The summed E-state index contributed by atoms with van der Waals surface area (Å²) in [5.74, 6) is -0.697. The van der Waals surface area contributed by atoms with Gasteiger partial charge in [0, 0.05) is 64.1 Å². The van der Waals surface area contributed by atoms with Gasteiger partial charge in [-0.2, -0.15) is 0 Å². The number of aromatic nitrogens is 1. The zero-order valence-corrected chi connectivity index (χ0v) is 22.6. The SMILES string of the molecule is O=C(O)c1csc2cc(N3CCC(F)(COCc4c(-c5ccccc5OC(F)(F)F)noc4C4CC4)CC3)ccc12. The number of halogens is 4. The van der Waals surface area contributed by atoms with Gasteiger partial charge in [-0.25, -0.2) is 9.18 Å². The van der Waals surface area contributed by atoms with E-state index in [0.29, 0.717) is 29.8 Å². The van der Waals surface area contributed by atoms with E-state index >= 15 is 4.39 Å². The van der Waals surface area contributed by atoms with Gasteiger partial charge in [-0.15, -0.1) is 24.5 Å². The Kier molecular flexibility index (Phi) is 7.14. The van der Waals surface area contributed by atoms with E-state index in [0.717, 1.165) is 23.2 Å². The summed E-state index contributed by atoms with van der Waals surface area (Å²) >= 11 is 1.36. The molecule has 0 atom stereocenters. The van der Waals surface area contributed by atoms with Crippen LogP contribution in [0.3, 0.4) is 0 Å². The summed E-state index contributed by atoms with van der Waals surface area (Å²) < 4.78 is 71.3. The van der Waals surface area contributed by atoms with Crippen molar-refractivity contribution >= 4 is 33.1 Å². The number of fused-ring (bicyclic) bond motifs is 1. The Labute approximate surface area is 236 Å². The summed E-state index contributed by atoms with van der Waals surface area (Å²) in [5, 5.41) is 15.7. The molecule has 1 aliphatic heterocycles. The maximum absolute atomic E-state index is 15.8. The standard InChI is InChI=1S/C29H26F4N2O5S/c30-28(9-11-35(12-10-28)18-7-8-19-22(27(36)37)15-41-24(19)13-18)16-38-14-21-25(34-40-26(21)17-5-6-17)20-3-1-2-4-23(20)39-29(31,32)33/h1-4,7-8,13,15,17H,5-6,9-12,14,16H2,(H,36,37). The number of para-hydroxylation sites is 1. The van der Waals surface area contributed by atoms with Crippen LogP contribution in [-0.4, -0.2) is 48.0 Å². The van der Waals surface area contributed by atoms with Crippen LogP contribution >= 0.6 is 11.3 Å². The molecule has 0 unspecified atom stereocenters. The maximum atomic E-state index is 15.8. The van der Waals surface area contributed by atoms with Crippen LogP contribution in [0.25, 0.3) is 21.3 Å². The fourth-order valence-electron chi connectivity index (χ4n) is 5.24. The summed E-state index contributed by atoms with van der Waals surface area (Å²) in [7, 11) is 0. The Bertz CT molecular complexity index is 1570. The molecule has 3 heterocycles. The highest BCUT2D eigenvalue weighted by molar-refractivity contribution is 7.17. The smallest absolute Gasteiger partial charge is 0.478 e. The van der Waals surface area contributed by atoms with Gasteiger partial charge in [0.2, 0.25) is 0 Å². The lowest BCUT2D eigenvalue weighted by Crippen LogP contribution is -2.44. The van der Waals surface area contributed by atoms with Crippen LogP contribution in [0.15, 0.2) is 52.4 Å². The van der Waals surface area contributed by atoms with Crippen LogP contribution in [0, 0.1) is 0 Å². The van der Waals surface area contributed by atoms with E-state index in [4.69, 9.17) is 9.26 Å². The van der Waals surface area contributed by atoms with Crippen LogP contribution in [-0.2, 0) is 11.3 Å². The number of benzene rings is 2. The monoisotopic (exact) mass is 590 g/mol. The second-order valence-corrected chi connectivity index (χ2v) is 11.4. The normalized spacial score (nSPS) is 17.2. The van der Waals surface area contributed by atoms with Crippen molar-refractivity contribution in [2.24, 2.45) is 0 Å². The van der Waals surface area contributed by atoms with Crippen molar-refractivity contribution in [3.05, 3.63) is 64.7 Å². The average Bonchev–Trinajstić information content (AvgIpc) is 3.54. The first-order valence-electron chi connectivity index (χ1n) is 13.2. The van der Waals surface area contributed by atoms with E-state index in [1.54, 1.807) is 17.5 Å². The van der Waals surface area contributed by atoms with Gasteiger partial charge < -0.3 is 24.0 Å². The van der Waals surface area contributed by atoms with Crippen molar-refractivity contribution < 1.29 is 41.5 Å². The van der Waals surface area contributed by atoms with Crippen molar-refractivity contribution in [1.82, 2.24) is 5.16 Å². The van der Waals surface area contributed by atoms with Crippen LogP contribution in [0.5, 0.6) is 5.75 Å². The van der Waals surface area contributed by atoms with Gasteiger partial charge >= 0.3 is 12.3 Å². The van der Waals surface area contributed by atoms with E-state index in [1.807, 2.05) is 12.1 Å². The Hall–Kier alpha value is -3.64. The number of hydrogen-bond acceptors (Lipinski definition) is 7. The van der Waals surface area contributed by atoms with Crippen molar-refractivity contribution in [2.45, 2.75) is 50.2 Å². The predicted octanol–water partition coefficient (Wildman–Crippen LogP) is 7.56. The summed E-state index contributed by atoms with van der Waals surface area (Å²) in [6.45, 7) is 0.677. The minimum atomic E-state index is -4.87. The van der Waals surface area contributed by atoms with Crippen molar-refractivity contribution in [3.63, 3.8) is 0 Å². The topological polar surface area (TPSA) is 85.0 Å². The second kappa shape index (κ2) is 10.6. The Morgan fingerprint density at radius 3 is 2.63 bits per heavy atom. The van der Waals surface area contributed by atoms with Crippen molar-refractivity contribution in [3.8, 4) is 17.0 Å². The molecule has 2 aromatic heterocycles. The first-order chi connectivity index (χ1) is 19.6. The third kappa shape index (κ3) is 5.89. The number of thiophene rings is 1. The molecule has 7 nitrogen and oxygen atoms in total. The highest BCUT2D eigenvalue weighted by Crippen LogP contribution is 2.46. The molecule has 0 amide bonds. The lowest BCUT2D eigenvalue weighted by molar-refractivity contribution is -0.274. The lowest BCUT2D eigenvalue weighted by atomic mass is 9.93. The minimum absolute atomic E-state index is 0.0542. The highest BCUT2D eigenvalue weighted by atomic mass is 32.1. The quantitative estimate of drug-likeness (QED) is 0.202. The molecule has 2 aromatic carbocycles. The molecule has 4 aromatic rings. The van der Waals surface area contributed by atoms with Gasteiger partial charge in [0.1, 0.15) is 22.9 Å². The largest absolute Gasteiger partial charge is 0.573 e. The number of aromatic carboxylic acids is 1. The van der Waals surface area contributed by atoms with Crippen molar-refractivity contribution in [2.75, 3.05) is 24.6 Å². The number of nitrogens with zero attached hydrogens (tertiary/aromatic N) is 2. The summed E-state index contributed by atoms with van der Waals surface area (Å²) in [6, 6.07) is 11.3. The molecule has 2 fully saturated rings. The first-order valence-corrected chi connectivity index (χ1v) is 14.1. The number of anilines is 1. The van der Waals surface area contributed by atoms with Gasteiger partial charge in [0.15, 0.2) is 0 Å². The number of rotatable bonds is 9. The zero-order valence-electron chi connectivity index (χ0n) is 21.7. The average molecular weight is 591 g/mol. The highest BCUT2D eigenvalue weighted by Gasteiger charge is 2.38. The molecular weight excluding hydrogens is 564 g/mol. The number of carboxylic acids is 1. The van der Waals surface area contributed by atoms with Gasteiger partial charge in [-0.3, -0.25) is 0 Å². The molecular formula is C29H26F4N2O5S. The summed E-state index contributed by atoms with van der Waals surface area (Å²) in [4.78, 5) is 13.5. The predicted molar refractivity (Wildman–Crippen MR) is 144 cm³/mol. The molecule has 12 heteroatoms. The van der Waals surface area contributed by atoms with E-state index < -0.39 is 23.7 Å². The molecule has 6 rings (SSSR count). The van der Waals surface area contributed by atoms with Crippen LogP contribution in [0.1, 0.15) is 53.3 Å². The van der Waals surface area contributed by atoms with E-state index in [1.165, 1.54) is 29.5 Å². The Morgan fingerprint density at radius 1 is 1.17 bits per heavy atom. The van der Waals surface area contributed by atoms with Gasteiger partial charge in [-0.05, 0) is 37.1 Å². The van der Waals surface area contributed by atoms with Gasteiger partial charge in [0.05, 0.1) is 18.8 Å². The fraction of sp³-hybridized carbons (Fsp3) is 0.379. The summed E-state index contributed by atoms with van der Waals surface area (Å²) in [6.07, 6.45) is -2.67. The molecule has 1 saturated carbocycles. The number of carboxylic acid groups (broad SMARTS) is 1. The number of alkyl halides is 4. The van der Waals surface area contributed by atoms with E-state index in [-0.39, 0.29) is 48.8 Å². The third-order valence-corrected chi connectivity index (χ3v) is 8.50. The number of carbonyl (C=O) groups is 1. The van der Waals surface area contributed by atoms with E-state index in [9.17, 15) is 23.1 Å². The molecule has 41 heavy (non-hydrogen) atoms. The minimum Gasteiger partial charge on any atom is -0.478 e. The summed E-state index contributed by atoms with van der Waals surface area (Å²) in [5.41, 5.74) is 0.435. The van der Waals surface area contributed by atoms with Crippen LogP contribution in [0.4, 0.5) is 23.2 Å². The molecule has 1 saturated heterocycles. The van der Waals surface area contributed by atoms with Gasteiger partial charge in [0.25, 0.3) is 0 Å². The maximum Gasteiger partial charge on any atom is 0.573 e. The van der Waals surface area contributed by atoms with Crippen molar-refractivity contribution in [1.29, 1.82) is 0 Å². The lowest BCUT2D eigenvalue weighted by Gasteiger charge is -2.37. The molecule has 1 N–H and O–H groups in total. The van der Waals surface area contributed by atoms with Crippen LogP contribution < -0.4 is 9.64 Å². The van der Waals surface area contributed by atoms with E-state index in [2.05, 4.69) is 14.8 Å². The first kappa shape index (κ1) is 27.5. The fourth-order valence-corrected chi connectivity index (χ4v) is 6.21. The molecule has 0 bridgehead atoms. The number of ether oxygens (including phenoxy) is 2. The number of piperidine rings is 1. The zero-order chi connectivity index (χ0) is 28.8. The molecule has 216 valence electrons. The molecule has 2 aliphatic rings.